The van der Waals surface area contributed by atoms with E-state index < -0.39 is 5.91 Å². The summed E-state index contributed by atoms with van der Waals surface area (Å²) in [5.41, 5.74) is 9.06. The van der Waals surface area contributed by atoms with Gasteiger partial charge < -0.3 is 11.1 Å². The van der Waals surface area contributed by atoms with E-state index in [1.165, 1.54) is 0 Å². The fourth-order valence-electron chi connectivity index (χ4n) is 2.79. The van der Waals surface area contributed by atoms with Crippen molar-refractivity contribution < 1.29 is 4.79 Å². The van der Waals surface area contributed by atoms with E-state index in [9.17, 15) is 10.1 Å². The lowest BCUT2D eigenvalue weighted by Gasteiger charge is -2.09. The van der Waals surface area contributed by atoms with Crippen molar-refractivity contribution in [2.24, 2.45) is 5.73 Å². The van der Waals surface area contributed by atoms with Gasteiger partial charge in [0.15, 0.2) is 0 Å². The zero-order valence-electron chi connectivity index (χ0n) is 14.1. The molecule has 0 unspecified atom stereocenters. The Morgan fingerprint density at radius 1 is 1.11 bits per heavy atom. The molecule has 0 saturated carbocycles. The molecule has 0 atom stereocenters. The van der Waals surface area contributed by atoms with E-state index in [4.69, 9.17) is 5.73 Å². The Kier molecular flexibility index (Phi) is 3.99. The maximum Gasteiger partial charge on any atom is 0.250 e. The van der Waals surface area contributed by atoms with Crippen LogP contribution in [0.15, 0.2) is 67.0 Å². The van der Waals surface area contributed by atoms with E-state index in [-0.39, 0.29) is 0 Å². The van der Waals surface area contributed by atoms with Crippen LogP contribution in [-0.4, -0.2) is 20.3 Å². The van der Waals surface area contributed by atoms with Crippen LogP contribution in [0.4, 0.5) is 11.5 Å². The molecule has 0 aliphatic carbocycles. The third-order valence-corrected chi connectivity index (χ3v) is 4.11. The monoisotopic (exact) mass is 354 g/mol. The van der Waals surface area contributed by atoms with Gasteiger partial charge in [-0.05, 0) is 36.4 Å². The van der Waals surface area contributed by atoms with Crippen molar-refractivity contribution in [3.05, 3.63) is 78.1 Å². The molecule has 1 amide bonds. The molecule has 4 rings (SSSR count). The fraction of sp³-hybridized carbons (Fsp3) is 0. The molecule has 0 bridgehead atoms. The highest BCUT2D eigenvalue weighted by atomic mass is 16.1. The number of amides is 1. The summed E-state index contributed by atoms with van der Waals surface area (Å²) in [6, 6.07) is 18.3. The first-order valence-corrected chi connectivity index (χ1v) is 8.16. The molecule has 3 aromatic heterocycles. The maximum absolute atomic E-state index is 11.5. The molecule has 7 heteroatoms. The average molecular weight is 354 g/mol. The van der Waals surface area contributed by atoms with Gasteiger partial charge in [-0.3, -0.25) is 9.20 Å². The van der Waals surface area contributed by atoms with Crippen molar-refractivity contribution in [1.29, 1.82) is 5.26 Å². The van der Waals surface area contributed by atoms with Gasteiger partial charge in [-0.25, -0.2) is 9.97 Å². The Morgan fingerprint density at radius 2 is 1.96 bits per heavy atom. The Hall–Kier alpha value is -4.18. The Bertz CT molecular complexity index is 1200. The predicted molar refractivity (Wildman–Crippen MR) is 101 cm³/mol. The first-order valence-electron chi connectivity index (χ1n) is 8.16. The Balaban J connectivity index is 1.75. The summed E-state index contributed by atoms with van der Waals surface area (Å²) in [6.07, 6.45) is 3.34. The van der Waals surface area contributed by atoms with Crippen LogP contribution in [-0.2, 0) is 0 Å². The number of rotatable bonds is 4. The van der Waals surface area contributed by atoms with Crippen LogP contribution in [0.5, 0.6) is 0 Å². The number of aromatic nitrogens is 3. The summed E-state index contributed by atoms with van der Waals surface area (Å²) in [6.45, 7) is 0. The van der Waals surface area contributed by atoms with Gasteiger partial charge in [-0.2, -0.15) is 5.26 Å². The highest BCUT2D eigenvalue weighted by molar-refractivity contribution is 5.92. The molecule has 0 aliphatic heterocycles. The van der Waals surface area contributed by atoms with Crippen LogP contribution in [0.25, 0.3) is 17.0 Å². The number of benzene rings is 1. The highest BCUT2D eigenvalue weighted by Crippen LogP contribution is 2.24. The minimum atomic E-state index is -0.506. The van der Waals surface area contributed by atoms with Gasteiger partial charge in [-0.15, -0.1) is 0 Å². The summed E-state index contributed by atoms with van der Waals surface area (Å²) < 4.78 is 1.77. The standard InChI is InChI=1S/C20H14N6O/c21-10-13-4-1-2-5-15(13)24-18-7-3-6-16(25-18)17-11-23-19-9-8-14(20(22)27)12-26(17)19/h1-9,11-12H,(H2,22,27)(H,24,25). The van der Waals surface area contributed by atoms with E-state index in [1.807, 2.05) is 36.4 Å². The highest BCUT2D eigenvalue weighted by Gasteiger charge is 2.11. The number of nitriles is 1. The molecule has 0 fully saturated rings. The molecular weight excluding hydrogens is 340 g/mol. The van der Waals surface area contributed by atoms with Crippen LogP contribution in [0.1, 0.15) is 15.9 Å². The van der Waals surface area contributed by atoms with E-state index in [0.717, 1.165) is 5.69 Å². The largest absolute Gasteiger partial charge is 0.366 e. The first-order chi connectivity index (χ1) is 13.2. The van der Waals surface area contributed by atoms with Crippen LogP contribution >= 0.6 is 0 Å². The van der Waals surface area contributed by atoms with Crippen molar-refractivity contribution in [1.82, 2.24) is 14.4 Å². The summed E-state index contributed by atoms with van der Waals surface area (Å²) in [5, 5.41) is 12.4. The average Bonchev–Trinajstić information content (AvgIpc) is 3.12. The molecule has 0 saturated heterocycles. The summed E-state index contributed by atoms with van der Waals surface area (Å²) in [7, 11) is 0. The molecule has 3 heterocycles. The summed E-state index contributed by atoms with van der Waals surface area (Å²) >= 11 is 0. The van der Waals surface area contributed by atoms with Crippen LogP contribution in [0, 0.1) is 11.3 Å². The van der Waals surface area contributed by atoms with Gasteiger partial charge >= 0.3 is 0 Å². The number of nitrogens with zero attached hydrogens (tertiary/aromatic N) is 4. The third-order valence-electron chi connectivity index (χ3n) is 4.11. The molecule has 0 radical (unpaired) electrons. The van der Waals surface area contributed by atoms with Crippen molar-refractivity contribution >= 4 is 23.1 Å². The smallest absolute Gasteiger partial charge is 0.250 e. The summed E-state index contributed by atoms with van der Waals surface area (Å²) in [5.74, 6) is 0.0873. The number of carbonyl (C=O) groups excluding carboxylic acids is 1. The van der Waals surface area contributed by atoms with E-state index in [0.29, 0.717) is 34.0 Å². The summed E-state index contributed by atoms with van der Waals surface area (Å²) in [4.78, 5) is 20.4. The lowest BCUT2D eigenvalue weighted by molar-refractivity contribution is 0.1000. The lowest BCUT2D eigenvalue weighted by atomic mass is 10.2. The van der Waals surface area contributed by atoms with E-state index in [2.05, 4.69) is 21.4 Å². The van der Waals surface area contributed by atoms with Crippen LogP contribution < -0.4 is 11.1 Å². The molecule has 3 N–H and O–H groups in total. The van der Waals surface area contributed by atoms with Crippen molar-refractivity contribution in [3.63, 3.8) is 0 Å². The Morgan fingerprint density at radius 3 is 2.78 bits per heavy atom. The number of pyridine rings is 2. The van der Waals surface area contributed by atoms with Gasteiger partial charge in [0.1, 0.15) is 17.5 Å². The van der Waals surface area contributed by atoms with Crippen LogP contribution in [0.3, 0.4) is 0 Å². The SMILES string of the molecule is N#Cc1ccccc1Nc1cccc(-c2cnc3ccc(C(N)=O)cn23)n1. The van der Waals surface area contributed by atoms with Crippen LogP contribution in [0.2, 0.25) is 0 Å². The number of hydrogen-bond donors (Lipinski definition) is 2. The molecule has 130 valence electrons. The number of primary amides is 1. The fourth-order valence-corrected chi connectivity index (χ4v) is 2.79. The second kappa shape index (κ2) is 6.61. The number of anilines is 2. The molecule has 7 nitrogen and oxygen atoms in total. The van der Waals surface area contributed by atoms with Gasteiger partial charge in [0, 0.05) is 6.20 Å². The normalized spacial score (nSPS) is 10.5. The minimum Gasteiger partial charge on any atom is -0.366 e. The number of para-hydroxylation sites is 1. The predicted octanol–water partition coefficient (Wildman–Crippen LogP) is 3.11. The molecule has 0 aliphatic rings. The van der Waals surface area contributed by atoms with Gasteiger partial charge in [0.25, 0.3) is 0 Å². The maximum atomic E-state index is 11.5. The number of nitrogens with one attached hydrogen (secondary N) is 1. The van der Waals surface area contributed by atoms with Crippen molar-refractivity contribution in [3.8, 4) is 17.5 Å². The van der Waals surface area contributed by atoms with Crippen molar-refractivity contribution in [2.75, 3.05) is 5.32 Å². The number of imidazole rings is 1. The lowest BCUT2D eigenvalue weighted by Crippen LogP contribution is -2.11. The molecule has 4 aromatic rings. The first kappa shape index (κ1) is 16.3. The van der Waals surface area contributed by atoms with E-state index in [1.54, 1.807) is 35.0 Å². The molecule has 27 heavy (non-hydrogen) atoms. The molecule has 0 spiro atoms. The second-order valence-corrected chi connectivity index (χ2v) is 5.84. The Labute approximate surface area is 154 Å². The van der Waals surface area contributed by atoms with Gasteiger partial charge in [0.2, 0.25) is 5.91 Å². The minimum absolute atomic E-state index is 0.388. The number of fused-ring (bicyclic) bond motifs is 1. The zero-order valence-corrected chi connectivity index (χ0v) is 14.1. The number of carbonyl (C=O) groups is 1. The zero-order chi connectivity index (χ0) is 18.8. The molecular formula is C20H14N6O. The molecule has 1 aromatic carbocycles. The van der Waals surface area contributed by atoms with E-state index >= 15 is 0 Å². The van der Waals surface area contributed by atoms with Gasteiger partial charge in [-0.1, -0.05) is 18.2 Å². The number of nitrogens with two attached hydrogens (primary N) is 1. The number of hydrogen-bond acceptors (Lipinski definition) is 5. The third kappa shape index (κ3) is 3.07. The van der Waals surface area contributed by atoms with Gasteiger partial charge in [0.05, 0.1) is 34.4 Å². The van der Waals surface area contributed by atoms with Crippen molar-refractivity contribution in [2.45, 2.75) is 0 Å². The second-order valence-electron chi connectivity index (χ2n) is 5.84. The quantitative estimate of drug-likeness (QED) is 0.585. The topological polar surface area (TPSA) is 109 Å².